The van der Waals surface area contributed by atoms with Crippen LogP contribution in [0.3, 0.4) is 0 Å². The first-order valence-electron chi connectivity index (χ1n) is 7.63. The summed E-state index contributed by atoms with van der Waals surface area (Å²) in [5.41, 5.74) is 1.86. The van der Waals surface area contributed by atoms with Crippen molar-refractivity contribution >= 4 is 5.91 Å². The number of rotatable bonds is 3. The largest absolute Gasteiger partial charge is 0.372 e. The molecule has 1 aromatic heterocycles. The summed E-state index contributed by atoms with van der Waals surface area (Å²) < 4.78 is 7.54. The molecule has 0 bridgehead atoms. The minimum absolute atomic E-state index is 0.0765. The molecule has 0 spiro atoms. The van der Waals surface area contributed by atoms with Crippen molar-refractivity contribution in [2.45, 2.75) is 32.6 Å². The fraction of sp³-hybridized carbons (Fsp3) is 0.412. The van der Waals surface area contributed by atoms with Gasteiger partial charge in [-0.15, -0.1) is 0 Å². The van der Waals surface area contributed by atoms with Gasteiger partial charge in [0.1, 0.15) is 0 Å². The Morgan fingerprint density at radius 2 is 1.91 bits per heavy atom. The molecule has 116 valence electrons. The molecule has 2 aromatic rings. The summed E-state index contributed by atoms with van der Waals surface area (Å²) in [5.74, 6) is 0.0765. The van der Waals surface area contributed by atoms with E-state index in [2.05, 4.69) is 5.10 Å². The van der Waals surface area contributed by atoms with Crippen molar-refractivity contribution in [1.82, 2.24) is 14.7 Å². The minimum Gasteiger partial charge on any atom is -0.372 e. The lowest BCUT2D eigenvalue weighted by Gasteiger charge is -2.35. The highest BCUT2D eigenvalue weighted by Crippen LogP contribution is 2.15. The van der Waals surface area contributed by atoms with Crippen LogP contribution >= 0.6 is 0 Å². The molecule has 1 saturated heterocycles. The van der Waals surface area contributed by atoms with Crippen LogP contribution in [0.15, 0.2) is 42.7 Å². The normalized spacial score (nSPS) is 21.8. The van der Waals surface area contributed by atoms with Crippen molar-refractivity contribution in [2.24, 2.45) is 0 Å². The second kappa shape index (κ2) is 6.32. The van der Waals surface area contributed by atoms with Crippen molar-refractivity contribution in [3.05, 3.63) is 53.9 Å². The Hall–Kier alpha value is -2.14. The zero-order chi connectivity index (χ0) is 15.5. The van der Waals surface area contributed by atoms with E-state index < -0.39 is 0 Å². The monoisotopic (exact) mass is 299 g/mol. The third kappa shape index (κ3) is 3.36. The Morgan fingerprint density at radius 1 is 1.23 bits per heavy atom. The summed E-state index contributed by atoms with van der Waals surface area (Å²) in [7, 11) is 0. The van der Waals surface area contributed by atoms with Gasteiger partial charge in [-0.25, -0.2) is 0 Å². The first-order valence-corrected chi connectivity index (χ1v) is 7.63. The molecule has 1 aliphatic rings. The van der Waals surface area contributed by atoms with E-state index >= 15 is 0 Å². The fourth-order valence-corrected chi connectivity index (χ4v) is 2.86. The van der Waals surface area contributed by atoms with Gasteiger partial charge in [0.15, 0.2) is 0 Å². The van der Waals surface area contributed by atoms with Gasteiger partial charge >= 0.3 is 0 Å². The van der Waals surface area contributed by atoms with Crippen molar-refractivity contribution in [2.75, 3.05) is 13.1 Å². The second-order valence-electron chi connectivity index (χ2n) is 5.87. The van der Waals surface area contributed by atoms with Gasteiger partial charge in [-0.05, 0) is 37.6 Å². The van der Waals surface area contributed by atoms with Gasteiger partial charge in [-0.1, -0.05) is 12.1 Å². The van der Waals surface area contributed by atoms with Crippen molar-refractivity contribution in [1.29, 1.82) is 0 Å². The standard InChI is InChI=1S/C17H21N3O2/c1-13-10-19(11-14(2)22-13)17(21)16-6-4-15(5-7-16)12-20-9-3-8-18-20/h3-9,13-14H,10-12H2,1-2H3/t13-,14-/m0/s1. The number of hydrogen-bond donors (Lipinski definition) is 0. The average molecular weight is 299 g/mol. The predicted octanol–water partition coefficient (Wildman–Crippen LogP) is 2.18. The number of morpholine rings is 1. The van der Waals surface area contributed by atoms with Crippen LogP contribution in [0.1, 0.15) is 29.8 Å². The third-order valence-corrected chi connectivity index (χ3v) is 3.81. The molecular formula is C17H21N3O2. The number of carbonyl (C=O) groups excluding carboxylic acids is 1. The van der Waals surface area contributed by atoms with Crippen molar-refractivity contribution < 1.29 is 9.53 Å². The summed E-state index contributed by atoms with van der Waals surface area (Å²) in [5, 5.41) is 4.19. The zero-order valence-electron chi connectivity index (χ0n) is 13.0. The Labute approximate surface area is 130 Å². The number of carbonyl (C=O) groups is 1. The molecule has 1 aliphatic heterocycles. The predicted molar refractivity (Wildman–Crippen MR) is 83.7 cm³/mol. The smallest absolute Gasteiger partial charge is 0.254 e. The van der Waals surface area contributed by atoms with E-state index in [1.54, 1.807) is 6.20 Å². The van der Waals surface area contributed by atoms with E-state index in [-0.39, 0.29) is 18.1 Å². The summed E-state index contributed by atoms with van der Waals surface area (Å²) in [6.45, 7) is 6.02. The number of amides is 1. The topological polar surface area (TPSA) is 47.4 Å². The molecule has 0 unspecified atom stereocenters. The average Bonchev–Trinajstić information content (AvgIpc) is 2.99. The highest BCUT2D eigenvalue weighted by molar-refractivity contribution is 5.94. The van der Waals surface area contributed by atoms with E-state index in [1.165, 1.54) is 0 Å². The fourth-order valence-electron chi connectivity index (χ4n) is 2.86. The van der Waals surface area contributed by atoms with Crippen LogP contribution < -0.4 is 0 Å². The molecule has 0 N–H and O–H groups in total. The maximum absolute atomic E-state index is 12.6. The lowest BCUT2D eigenvalue weighted by molar-refractivity contribution is -0.0586. The first-order chi connectivity index (χ1) is 10.6. The molecule has 0 radical (unpaired) electrons. The highest BCUT2D eigenvalue weighted by atomic mass is 16.5. The second-order valence-corrected chi connectivity index (χ2v) is 5.87. The molecule has 3 rings (SSSR count). The summed E-state index contributed by atoms with van der Waals surface area (Å²) in [6, 6.07) is 9.67. The molecule has 22 heavy (non-hydrogen) atoms. The Balaban J connectivity index is 1.68. The molecule has 2 atom stereocenters. The maximum atomic E-state index is 12.6. The summed E-state index contributed by atoms with van der Waals surface area (Å²) >= 11 is 0. The maximum Gasteiger partial charge on any atom is 0.254 e. The van der Waals surface area contributed by atoms with Crippen LogP contribution in [0.25, 0.3) is 0 Å². The molecule has 5 heteroatoms. The van der Waals surface area contributed by atoms with E-state index in [0.29, 0.717) is 19.6 Å². The lowest BCUT2D eigenvalue weighted by Crippen LogP contribution is -2.48. The number of ether oxygens (including phenoxy) is 1. The Bertz CT molecular complexity index is 612. The number of aromatic nitrogens is 2. The first kappa shape index (κ1) is 14.8. The number of hydrogen-bond acceptors (Lipinski definition) is 3. The quantitative estimate of drug-likeness (QED) is 0.873. The summed E-state index contributed by atoms with van der Waals surface area (Å²) in [4.78, 5) is 14.4. The lowest BCUT2D eigenvalue weighted by atomic mass is 10.1. The highest BCUT2D eigenvalue weighted by Gasteiger charge is 2.26. The molecule has 0 saturated carbocycles. The van der Waals surface area contributed by atoms with Gasteiger partial charge in [0.2, 0.25) is 0 Å². The number of benzene rings is 1. The molecule has 1 fully saturated rings. The minimum atomic E-state index is 0.0765. The van der Waals surface area contributed by atoms with Crippen LogP contribution in [0.2, 0.25) is 0 Å². The van der Waals surface area contributed by atoms with Crippen LogP contribution in [0.5, 0.6) is 0 Å². The molecule has 0 aliphatic carbocycles. The molecule has 1 amide bonds. The van der Waals surface area contributed by atoms with Gasteiger partial charge < -0.3 is 9.64 Å². The Kier molecular flexibility index (Phi) is 4.24. The van der Waals surface area contributed by atoms with Crippen LogP contribution in [0.4, 0.5) is 0 Å². The number of nitrogens with zero attached hydrogens (tertiary/aromatic N) is 3. The van der Waals surface area contributed by atoms with E-state index in [9.17, 15) is 4.79 Å². The van der Waals surface area contributed by atoms with Gasteiger partial charge in [-0.3, -0.25) is 9.48 Å². The van der Waals surface area contributed by atoms with E-state index in [1.807, 2.05) is 60.0 Å². The van der Waals surface area contributed by atoms with Gasteiger partial charge in [0, 0.05) is 31.0 Å². The van der Waals surface area contributed by atoms with Crippen LogP contribution in [0, 0.1) is 0 Å². The molecule has 1 aromatic carbocycles. The Morgan fingerprint density at radius 3 is 2.50 bits per heavy atom. The van der Waals surface area contributed by atoms with E-state index in [4.69, 9.17) is 4.74 Å². The van der Waals surface area contributed by atoms with Crippen molar-refractivity contribution in [3.63, 3.8) is 0 Å². The van der Waals surface area contributed by atoms with Gasteiger partial charge in [-0.2, -0.15) is 5.10 Å². The van der Waals surface area contributed by atoms with Gasteiger partial charge in [0.05, 0.1) is 18.8 Å². The third-order valence-electron chi connectivity index (χ3n) is 3.81. The molecule has 2 heterocycles. The van der Waals surface area contributed by atoms with Crippen LogP contribution in [-0.2, 0) is 11.3 Å². The molecular weight excluding hydrogens is 278 g/mol. The summed E-state index contributed by atoms with van der Waals surface area (Å²) in [6.07, 6.45) is 3.87. The zero-order valence-corrected chi connectivity index (χ0v) is 13.0. The SMILES string of the molecule is C[C@H]1CN(C(=O)c2ccc(Cn3cccn3)cc2)C[C@H](C)O1. The van der Waals surface area contributed by atoms with Crippen LogP contribution in [-0.4, -0.2) is 45.9 Å². The van der Waals surface area contributed by atoms with Crippen molar-refractivity contribution in [3.8, 4) is 0 Å². The molecule has 5 nitrogen and oxygen atoms in total. The van der Waals surface area contributed by atoms with Gasteiger partial charge in [0.25, 0.3) is 5.91 Å². The van der Waals surface area contributed by atoms with E-state index in [0.717, 1.165) is 11.1 Å².